The second-order valence-electron chi connectivity index (χ2n) is 5.11. The minimum atomic E-state index is 0.353. The van der Waals surface area contributed by atoms with Gasteiger partial charge in [0.2, 0.25) is 0 Å². The van der Waals surface area contributed by atoms with Crippen molar-refractivity contribution in [2.75, 3.05) is 0 Å². The van der Waals surface area contributed by atoms with Gasteiger partial charge < -0.3 is 0 Å². The van der Waals surface area contributed by atoms with Crippen molar-refractivity contribution in [1.82, 2.24) is 0 Å². The van der Waals surface area contributed by atoms with Crippen molar-refractivity contribution in [3.05, 3.63) is 22.8 Å². The number of carbonyl (C=O) groups is 1. The standard InChI is InChI=1S/C14H18O/c15-13-9-11-7-4-8-12(11)14(13)10-5-2-1-3-6-10/h9,12H,1-8H2. The zero-order valence-corrected chi connectivity index (χ0v) is 9.22. The van der Waals surface area contributed by atoms with Crippen molar-refractivity contribution in [3.63, 3.8) is 0 Å². The summed E-state index contributed by atoms with van der Waals surface area (Å²) in [4.78, 5) is 12.0. The summed E-state index contributed by atoms with van der Waals surface area (Å²) < 4.78 is 0. The van der Waals surface area contributed by atoms with Gasteiger partial charge in [-0.1, -0.05) is 17.6 Å². The van der Waals surface area contributed by atoms with Crippen LogP contribution >= 0.6 is 0 Å². The van der Waals surface area contributed by atoms with Crippen molar-refractivity contribution in [2.24, 2.45) is 5.92 Å². The van der Waals surface area contributed by atoms with Crippen LogP contribution in [0, 0.1) is 5.92 Å². The van der Waals surface area contributed by atoms with E-state index in [1.807, 2.05) is 6.08 Å². The summed E-state index contributed by atoms with van der Waals surface area (Å²) in [6.07, 6.45) is 12.0. The van der Waals surface area contributed by atoms with E-state index in [2.05, 4.69) is 0 Å². The maximum absolute atomic E-state index is 12.0. The topological polar surface area (TPSA) is 17.1 Å². The Bertz CT molecular complexity index is 352. The number of allylic oxidation sites excluding steroid dienone is 4. The van der Waals surface area contributed by atoms with Crippen molar-refractivity contribution in [3.8, 4) is 0 Å². The summed E-state index contributed by atoms with van der Waals surface area (Å²) in [6, 6.07) is 0. The number of rotatable bonds is 0. The van der Waals surface area contributed by atoms with Crippen LogP contribution < -0.4 is 0 Å². The molecule has 15 heavy (non-hydrogen) atoms. The minimum Gasteiger partial charge on any atom is -0.290 e. The predicted octanol–water partition coefficient (Wildman–Crippen LogP) is 3.56. The molecule has 0 bridgehead atoms. The molecule has 0 aromatic heterocycles. The molecule has 0 heterocycles. The summed E-state index contributed by atoms with van der Waals surface area (Å²) in [5, 5.41) is 0. The van der Waals surface area contributed by atoms with E-state index in [9.17, 15) is 4.79 Å². The number of hydrogen-bond acceptors (Lipinski definition) is 1. The van der Waals surface area contributed by atoms with Crippen LogP contribution in [0.2, 0.25) is 0 Å². The van der Waals surface area contributed by atoms with Crippen LogP contribution in [-0.2, 0) is 4.79 Å². The summed E-state index contributed by atoms with van der Waals surface area (Å²) >= 11 is 0. The molecule has 0 aromatic rings. The van der Waals surface area contributed by atoms with E-state index in [1.165, 1.54) is 68.1 Å². The van der Waals surface area contributed by atoms with Crippen LogP contribution in [0.4, 0.5) is 0 Å². The van der Waals surface area contributed by atoms with Crippen LogP contribution in [-0.4, -0.2) is 5.78 Å². The van der Waals surface area contributed by atoms with E-state index in [0.717, 1.165) is 0 Å². The van der Waals surface area contributed by atoms with E-state index >= 15 is 0 Å². The van der Waals surface area contributed by atoms with Gasteiger partial charge in [-0.2, -0.15) is 0 Å². The van der Waals surface area contributed by atoms with Gasteiger partial charge in [0, 0.05) is 11.5 Å². The van der Waals surface area contributed by atoms with Gasteiger partial charge in [-0.3, -0.25) is 4.79 Å². The Morgan fingerprint density at radius 1 is 1.00 bits per heavy atom. The average molecular weight is 202 g/mol. The lowest BCUT2D eigenvalue weighted by molar-refractivity contribution is -0.111. The fourth-order valence-corrected chi connectivity index (χ4v) is 3.46. The first-order valence-electron chi connectivity index (χ1n) is 6.33. The van der Waals surface area contributed by atoms with Crippen LogP contribution in [0.15, 0.2) is 22.8 Å². The number of fused-ring (bicyclic) bond motifs is 1. The molecule has 0 aromatic carbocycles. The fraction of sp³-hybridized carbons (Fsp3) is 0.643. The Balaban J connectivity index is 1.95. The molecule has 0 saturated heterocycles. The first-order valence-corrected chi connectivity index (χ1v) is 6.33. The second kappa shape index (κ2) is 3.62. The molecule has 3 aliphatic carbocycles. The van der Waals surface area contributed by atoms with Gasteiger partial charge in [0.25, 0.3) is 0 Å². The first kappa shape index (κ1) is 9.38. The highest BCUT2D eigenvalue weighted by Crippen LogP contribution is 2.44. The fourth-order valence-electron chi connectivity index (χ4n) is 3.46. The summed E-state index contributed by atoms with van der Waals surface area (Å²) in [7, 11) is 0. The lowest BCUT2D eigenvalue weighted by Gasteiger charge is -2.19. The molecular formula is C14H18O. The maximum Gasteiger partial charge on any atom is 0.182 e. The van der Waals surface area contributed by atoms with Gasteiger partial charge in [-0.25, -0.2) is 0 Å². The molecule has 0 amide bonds. The zero-order valence-electron chi connectivity index (χ0n) is 9.22. The third kappa shape index (κ3) is 1.49. The maximum atomic E-state index is 12.0. The smallest absolute Gasteiger partial charge is 0.182 e. The van der Waals surface area contributed by atoms with Crippen molar-refractivity contribution < 1.29 is 4.79 Å². The van der Waals surface area contributed by atoms with E-state index in [1.54, 1.807) is 0 Å². The van der Waals surface area contributed by atoms with Gasteiger partial charge in [0.1, 0.15) is 0 Å². The van der Waals surface area contributed by atoms with Gasteiger partial charge in [-0.05, 0) is 51.0 Å². The highest BCUT2D eigenvalue weighted by Gasteiger charge is 2.35. The van der Waals surface area contributed by atoms with Crippen molar-refractivity contribution in [2.45, 2.75) is 51.4 Å². The average Bonchev–Trinajstić information content (AvgIpc) is 2.78. The zero-order chi connectivity index (χ0) is 10.3. The largest absolute Gasteiger partial charge is 0.290 e. The molecule has 1 atom stereocenters. The lowest BCUT2D eigenvalue weighted by Crippen LogP contribution is -2.08. The molecule has 1 nitrogen and oxygen atoms in total. The molecule has 80 valence electrons. The quantitative estimate of drug-likeness (QED) is 0.549. The molecule has 2 fully saturated rings. The monoisotopic (exact) mass is 202 g/mol. The van der Waals surface area contributed by atoms with Crippen LogP contribution in [0.5, 0.6) is 0 Å². The van der Waals surface area contributed by atoms with E-state index in [0.29, 0.717) is 11.7 Å². The molecule has 3 rings (SSSR count). The molecule has 1 unspecified atom stereocenters. The SMILES string of the molecule is O=C1C=C2CCCC2C1=C1CCCCC1. The minimum absolute atomic E-state index is 0.353. The number of carbonyl (C=O) groups excluding carboxylic acids is 1. The highest BCUT2D eigenvalue weighted by molar-refractivity contribution is 6.09. The van der Waals surface area contributed by atoms with Crippen molar-refractivity contribution in [1.29, 1.82) is 0 Å². The third-order valence-corrected chi connectivity index (χ3v) is 4.17. The van der Waals surface area contributed by atoms with Gasteiger partial charge in [0.05, 0.1) is 0 Å². The van der Waals surface area contributed by atoms with Gasteiger partial charge >= 0.3 is 0 Å². The van der Waals surface area contributed by atoms with Gasteiger partial charge in [-0.15, -0.1) is 0 Å². The number of ketones is 1. The van der Waals surface area contributed by atoms with E-state index < -0.39 is 0 Å². The molecule has 0 radical (unpaired) electrons. The normalized spacial score (nSPS) is 30.8. The van der Waals surface area contributed by atoms with E-state index in [4.69, 9.17) is 0 Å². The Morgan fingerprint density at radius 3 is 2.60 bits per heavy atom. The summed E-state index contributed by atoms with van der Waals surface area (Å²) in [6.45, 7) is 0. The molecular weight excluding hydrogens is 184 g/mol. The van der Waals surface area contributed by atoms with Crippen LogP contribution in [0.1, 0.15) is 51.4 Å². The molecule has 1 heteroatoms. The van der Waals surface area contributed by atoms with Gasteiger partial charge in [0.15, 0.2) is 5.78 Å². The third-order valence-electron chi connectivity index (χ3n) is 4.17. The van der Waals surface area contributed by atoms with Crippen molar-refractivity contribution >= 4 is 5.78 Å². The van der Waals surface area contributed by atoms with Crippen LogP contribution in [0.3, 0.4) is 0 Å². The molecule has 3 aliphatic rings. The Labute approximate surface area is 91.2 Å². The first-order chi connectivity index (χ1) is 7.36. The molecule has 0 spiro atoms. The molecule has 2 saturated carbocycles. The summed E-state index contributed by atoms with van der Waals surface area (Å²) in [5.74, 6) is 0.900. The second-order valence-corrected chi connectivity index (χ2v) is 5.11. The lowest BCUT2D eigenvalue weighted by atomic mass is 9.85. The predicted molar refractivity (Wildman–Crippen MR) is 60.5 cm³/mol. The number of hydrogen-bond donors (Lipinski definition) is 0. The summed E-state index contributed by atoms with van der Waals surface area (Å²) in [5.41, 5.74) is 4.17. The Kier molecular flexibility index (Phi) is 2.27. The van der Waals surface area contributed by atoms with E-state index in [-0.39, 0.29) is 0 Å². The molecule has 0 aliphatic heterocycles. The molecule has 0 N–H and O–H groups in total. The Hall–Kier alpha value is -0.850. The van der Waals surface area contributed by atoms with Crippen LogP contribution in [0.25, 0.3) is 0 Å². The highest BCUT2D eigenvalue weighted by atomic mass is 16.1. The Morgan fingerprint density at radius 2 is 1.80 bits per heavy atom.